The molecule has 1 amide bonds. The molecular formula is C24H23ClF3N3O5S. The second-order valence-corrected chi connectivity index (χ2v) is 9.24. The summed E-state index contributed by atoms with van der Waals surface area (Å²) in [5.41, 5.74) is -0.0579. The zero-order valence-electron chi connectivity index (χ0n) is 19.3. The average molecular weight is 558 g/mol. The van der Waals surface area contributed by atoms with E-state index >= 15 is 0 Å². The molecule has 0 saturated carbocycles. The van der Waals surface area contributed by atoms with E-state index in [0.717, 1.165) is 54.7 Å². The summed E-state index contributed by atoms with van der Waals surface area (Å²) < 4.78 is 38.3. The van der Waals surface area contributed by atoms with Gasteiger partial charge < -0.3 is 15.5 Å². The van der Waals surface area contributed by atoms with Crippen molar-refractivity contribution >= 4 is 46.4 Å². The number of halogens is 4. The van der Waals surface area contributed by atoms with E-state index in [-0.39, 0.29) is 10.3 Å². The van der Waals surface area contributed by atoms with Gasteiger partial charge >= 0.3 is 23.4 Å². The largest absolute Gasteiger partial charge is 0.478 e. The zero-order valence-corrected chi connectivity index (χ0v) is 20.9. The molecule has 1 fully saturated rings. The van der Waals surface area contributed by atoms with Crippen LogP contribution in [0.5, 0.6) is 0 Å². The Labute approximate surface area is 220 Å². The second kappa shape index (κ2) is 13.9. The Bertz CT molecular complexity index is 1140. The first-order valence-corrected chi connectivity index (χ1v) is 12.0. The standard InChI is InChI=1S/C20H19ClF3N3OS.C4H4O4/c1-2-7-25-18-17(29-19(28)26-18)10-13-5-8-27(9-6-13)12-14-3-4-15(11-16(14)21)20(22,23)24;5-3(6)1-2-4(7)8/h1,3-4,10-11,13H,5-9,12H2,(H,25,26,28);1-2H,(H,5,6)(H,7,8). The summed E-state index contributed by atoms with van der Waals surface area (Å²) in [7, 11) is 0. The number of alkyl halides is 3. The van der Waals surface area contributed by atoms with Crippen LogP contribution in [0.3, 0.4) is 0 Å². The van der Waals surface area contributed by atoms with Crippen molar-refractivity contribution in [1.82, 2.24) is 10.2 Å². The molecule has 1 aromatic carbocycles. The molecule has 3 N–H and O–H groups in total. The van der Waals surface area contributed by atoms with E-state index < -0.39 is 23.7 Å². The van der Waals surface area contributed by atoms with Crippen molar-refractivity contribution in [2.75, 3.05) is 19.6 Å². The number of carbonyl (C=O) groups excluding carboxylic acids is 1. The van der Waals surface area contributed by atoms with Crippen molar-refractivity contribution in [2.24, 2.45) is 10.9 Å². The van der Waals surface area contributed by atoms with Gasteiger partial charge in [-0.2, -0.15) is 18.2 Å². The number of piperidine rings is 1. The number of nitrogens with one attached hydrogen (secondary N) is 1. The number of allylic oxidation sites excluding steroid dienone is 1. The fraction of sp³-hybridized carbons (Fsp3) is 0.333. The number of benzene rings is 1. The van der Waals surface area contributed by atoms with Gasteiger partial charge in [0.2, 0.25) is 0 Å². The number of hydrogen-bond acceptors (Lipinski definition) is 6. The summed E-state index contributed by atoms with van der Waals surface area (Å²) in [6.45, 7) is 2.38. The summed E-state index contributed by atoms with van der Waals surface area (Å²) in [4.78, 5) is 37.6. The van der Waals surface area contributed by atoms with Crippen molar-refractivity contribution < 1.29 is 37.8 Å². The van der Waals surface area contributed by atoms with Gasteiger partial charge in [0.05, 0.1) is 17.0 Å². The van der Waals surface area contributed by atoms with Gasteiger partial charge in [-0.25, -0.2) is 9.59 Å². The van der Waals surface area contributed by atoms with Gasteiger partial charge in [0.25, 0.3) is 0 Å². The van der Waals surface area contributed by atoms with Crippen LogP contribution in [0, 0.1) is 18.3 Å². The molecule has 0 aromatic heterocycles. The molecule has 2 heterocycles. The van der Waals surface area contributed by atoms with Crippen LogP contribution in [0.4, 0.5) is 18.0 Å². The minimum atomic E-state index is -4.40. The number of rotatable bonds is 6. The van der Waals surface area contributed by atoms with Gasteiger partial charge in [-0.3, -0.25) is 9.69 Å². The number of carboxylic acids is 2. The topological polar surface area (TPSA) is 119 Å². The van der Waals surface area contributed by atoms with Crippen LogP contribution < -0.4 is 5.32 Å². The predicted molar refractivity (Wildman–Crippen MR) is 134 cm³/mol. The summed E-state index contributed by atoms with van der Waals surface area (Å²) in [6.07, 6.45) is 5.76. The van der Waals surface area contributed by atoms with Gasteiger partial charge in [-0.1, -0.05) is 29.7 Å². The highest BCUT2D eigenvalue weighted by Crippen LogP contribution is 2.33. The first-order chi connectivity index (χ1) is 17.4. The van der Waals surface area contributed by atoms with Crippen LogP contribution in [-0.4, -0.2) is 57.8 Å². The fourth-order valence-electron chi connectivity index (χ4n) is 3.41. The van der Waals surface area contributed by atoms with Crippen LogP contribution in [0.2, 0.25) is 5.02 Å². The molecule has 0 aliphatic carbocycles. The summed E-state index contributed by atoms with van der Waals surface area (Å²) in [5.74, 6) is 0.762. The molecule has 8 nitrogen and oxygen atoms in total. The van der Waals surface area contributed by atoms with Crippen LogP contribution in [0.1, 0.15) is 24.0 Å². The zero-order chi connectivity index (χ0) is 27.6. The van der Waals surface area contributed by atoms with Crippen molar-refractivity contribution in [2.45, 2.75) is 25.6 Å². The van der Waals surface area contributed by atoms with Gasteiger partial charge in [-0.05, 0) is 61.3 Å². The van der Waals surface area contributed by atoms with E-state index in [2.05, 4.69) is 27.2 Å². The monoisotopic (exact) mass is 557 g/mol. The number of terminal acetylenes is 1. The van der Waals surface area contributed by atoms with Crippen LogP contribution >= 0.6 is 23.4 Å². The molecule has 0 bridgehead atoms. The quantitative estimate of drug-likeness (QED) is 0.341. The third-order valence-electron chi connectivity index (χ3n) is 5.15. The van der Waals surface area contributed by atoms with E-state index in [1.54, 1.807) is 0 Å². The number of nitrogens with zero attached hydrogens (tertiary/aromatic N) is 2. The van der Waals surface area contributed by atoms with Crippen LogP contribution in [0.25, 0.3) is 0 Å². The fourth-order valence-corrected chi connectivity index (χ4v) is 4.45. The number of likely N-dealkylation sites (tertiary alicyclic amines) is 1. The lowest BCUT2D eigenvalue weighted by Gasteiger charge is -2.31. The molecule has 2 aliphatic heterocycles. The molecule has 0 unspecified atom stereocenters. The lowest BCUT2D eigenvalue weighted by Crippen LogP contribution is -2.33. The second-order valence-electron chi connectivity index (χ2n) is 7.84. The lowest BCUT2D eigenvalue weighted by atomic mass is 9.95. The average Bonchev–Trinajstić information content (AvgIpc) is 3.17. The third kappa shape index (κ3) is 10.3. The first-order valence-electron chi connectivity index (χ1n) is 10.8. The van der Waals surface area contributed by atoms with E-state index in [1.807, 2.05) is 0 Å². The number of hydrogen-bond donors (Lipinski definition) is 3. The third-order valence-corrected chi connectivity index (χ3v) is 6.32. The summed E-state index contributed by atoms with van der Waals surface area (Å²) >= 11 is 7.15. The van der Waals surface area contributed by atoms with E-state index in [1.165, 1.54) is 6.07 Å². The minimum Gasteiger partial charge on any atom is -0.478 e. The smallest absolute Gasteiger partial charge is 0.416 e. The maximum atomic E-state index is 12.8. The maximum absolute atomic E-state index is 12.8. The highest BCUT2D eigenvalue weighted by Gasteiger charge is 2.31. The predicted octanol–water partition coefficient (Wildman–Crippen LogP) is 4.65. The number of carbonyl (C=O) groups is 3. The number of aliphatic carboxylic acids is 2. The normalized spacial score (nSPS) is 17.8. The Morgan fingerprint density at radius 2 is 1.86 bits per heavy atom. The molecule has 1 saturated heterocycles. The Hall–Kier alpha value is -3.27. The van der Waals surface area contributed by atoms with E-state index in [0.29, 0.717) is 42.6 Å². The van der Waals surface area contributed by atoms with E-state index in [4.69, 9.17) is 28.2 Å². The van der Waals surface area contributed by atoms with Gasteiger partial charge in [0.1, 0.15) is 5.84 Å². The molecule has 2 aliphatic rings. The van der Waals surface area contributed by atoms with Crippen molar-refractivity contribution in [1.29, 1.82) is 0 Å². The Balaban J connectivity index is 0.000000521. The SMILES string of the molecule is C#CCNC1=NC(=O)SC1=CC1CCN(Cc2ccc(C(F)(F)F)cc2Cl)CC1.O=C(O)C=CC(=O)O. The number of amidine groups is 1. The number of carboxylic acid groups (broad SMARTS) is 2. The highest BCUT2D eigenvalue weighted by atomic mass is 35.5. The molecule has 3 rings (SSSR count). The summed E-state index contributed by atoms with van der Waals surface area (Å²) in [5, 5.41) is 18.5. The molecular weight excluding hydrogens is 535 g/mol. The lowest BCUT2D eigenvalue weighted by molar-refractivity contribution is -0.137. The molecule has 0 spiro atoms. The molecule has 198 valence electrons. The molecule has 0 atom stereocenters. The van der Waals surface area contributed by atoms with Crippen molar-refractivity contribution in [3.8, 4) is 12.3 Å². The van der Waals surface area contributed by atoms with Crippen LogP contribution in [0.15, 0.2) is 46.3 Å². The first kappa shape index (κ1) is 30.0. The molecule has 1 aromatic rings. The minimum absolute atomic E-state index is 0.130. The number of thioether (sulfide) groups is 1. The number of aliphatic imine (C=N–C) groups is 1. The van der Waals surface area contributed by atoms with Gasteiger partial charge in [0, 0.05) is 23.7 Å². The highest BCUT2D eigenvalue weighted by molar-refractivity contribution is 8.18. The number of amides is 1. The summed E-state index contributed by atoms with van der Waals surface area (Å²) in [6, 6.07) is 3.49. The molecule has 37 heavy (non-hydrogen) atoms. The van der Waals surface area contributed by atoms with Gasteiger partial charge in [-0.15, -0.1) is 6.42 Å². The molecule has 0 radical (unpaired) electrons. The van der Waals surface area contributed by atoms with Crippen molar-refractivity contribution in [3.63, 3.8) is 0 Å². The van der Waals surface area contributed by atoms with E-state index in [9.17, 15) is 27.6 Å². The molecule has 13 heteroatoms. The van der Waals surface area contributed by atoms with Crippen LogP contribution in [-0.2, 0) is 22.3 Å². The Morgan fingerprint density at radius 1 is 1.24 bits per heavy atom. The van der Waals surface area contributed by atoms with Crippen molar-refractivity contribution in [3.05, 3.63) is 57.5 Å². The Morgan fingerprint density at radius 3 is 2.38 bits per heavy atom. The maximum Gasteiger partial charge on any atom is 0.416 e. The Kier molecular flexibility index (Phi) is 11.2. The van der Waals surface area contributed by atoms with Gasteiger partial charge in [0.15, 0.2) is 0 Å².